The van der Waals surface area contributed by atoms with Gasteiger partial charge in [0, 0.05) is 17.5 Å². The second-order valence-electron chi connectivity index (χ2n) is 4.18. The molecule has 0 aromatic heterocycles. The largest absolute Gasteiger partial charge is 0.492 e. The number of halogens is 1. The minimum Gasteiger partial charge on any atom is -0.492 e. The Balaban J connectivity index is 2.16. The van der Waals surface area contributed by atoms with Crippen molar-refractivity contribution < 1.29 is 17.9 Å². The molecule has 1 aliphatic heterocycles. The van der Waals surface area contributed by atoms with Crippen LogP contribution >= 0.6 is 11.6 Å². The molecule has 0 radical (unpaired) electrons. The lowest BCUT2D eigenvalue weighted by molar-refractivity contribution is 0.166. The van der Waals surface area contributed by atoms with Crippen LogP contribution in [0.3, 0.4) is 0 Å². The van der Waals surface area contributed by atoms with Crippen LogP contribution in [0.1, 0.15) is 6.42 Å². The van der Waals surface area contributed by atoms with Gasteiger partial charge in [-0.25, -0.2) is 13.6 Å². The Morgan fingerprint density at radius 1 is 1.50 bits per heavy atom. The molecule has 5 nitrogen and oxygen atoms in total. The van der Waals surface area contributed by atoms with Crippen LogP contribution in [-0.4, -0.2) is 28.2 Å². The molecule has 0 aliphatic carbocycles. The summed E-state index contributed by atoms with van der Waals surface area (Å²) in [6, 6.07) is 4.37. The molecule has 0 spiro atoms. The highest BCUT2D eigenvalue weighted by Crippen LogP contribution is 2.27. The first-order valence-corrected chi connectivity index (χ1v) is 7.42. The molecule has 0 saturated carbocycles. The van der Waals surface area contributed by atoms with Gasteiger partial charge in [0.15, 0.2) is 0 Å². The summed E-state index contributed by atoms with van der Waals surface area (Å²) in [6.45, 7) is 1.76. The number of primary sulfonamides is 1. The molecule has 0 amide bonds. The molecule has 1 aromatic rings. The van der Waals surface area contributed by atoms with E-state index < -0.39 is 10.0 Å². The molecule has 1 fully saturated rings. The number of nitrogens with two attached hydrogens (primary N) is 1. The standard InChI is InChI=1S/C11H14ClNO4S/c12-9-1-2-10(11(5-9)18(13,14)15)17-7-8-3-4-16-6-8/h1-2,5,8H,3-4,6-7H2,(H2,13,14,15). The molecule has 1 heterocycles. The van der Waals surface area contributed by atoms with E-state index in [1.807, 2.05) is 0 Å². The summed E-state index contributed by atoms with van der Waals surface area (Å²) in [6.07, 6.45) is 0.915. The highest BCUT2D eigenvalue weighted by molar-refractivity contribution is 7.89. The zero-order valence-corrected chi connectivity index (χ0v) is 11.2. The average molecular weight is 292 g/mol. The van der Waals surface area contributed by atoms with E-state index in [0.717, 1.165) is 13.0 Å². The van der Waals surface area contributed by atoms with Crippen LogP contribution in [0.2, 0.25) is 5.02 Å². The molecule has 1 atom stereocenters. The molecule has 100 valence electrons. The third-order valence-electron chi connectivity index (χ3n) is 2.71. The molecule has 1 aromatic carbocycles. The van der Waals surface area contributed by atoms with Crippen molar-refractivity contribution in [1.29, 1.82) is 0 Å². The summed E-state index contributed by atoms with van der Waals surface area (Å²) in [5.74, 6) is 0.516. The van der Waals surface area contributed by atoms with Crippen LogP contribution in [0.5, 0.6) is 5.75 Å². The SMILES string of the molecule is NS(=O)(=O)c1cc(Cl)ccc1OCC1CCOC1. The van der Waals surface area contributed by atoms with E-state index in [9.17, 15) is 8.42 Å². The second kappa shape index (κ2) is 5.44. The van der Waals surface area contributed by atoms with Gasteiger partial charge in [-0.15, -0.1) is 0 Å². The number of benzene rings is 1. The molecule has 7 heteroatoms. The topological polar surface area (TPSA) is 78.6 Å². The van der Waals surface area contributed by atoms with Gasteiger partial charge in [0.25, 0.3) is 0 Å². The number of sulfonamides is 1. The lowest BCUT2D eigenvalue weighted by Crippen LogP contribution is -2.17. The molecular weight excluding hydrogens is 278 g/mol. The normalized spacial score (nSPS) is 20.0. The first-order chi connectivity index (χ1) is 8.47. The maximum atomic E-state index is 11.4. The summed E-state index contributed by atoms with van der Waals surface area (Å²) < 4.78 is 33.6. The fourth-order valence-electron chi connectivity index (χ4n) is 1.75. The van der Waals surface area contributed by atoms with E-state index in [4.69, 9.17) is 26.2 Å². The van der Waals surface area contributed by atoms with Crippen molar-refractivity contribution in [3.63, 3.8) is 0 Å². The second-order valence-corrected chi connectivity index (χ2v) is 6.14. The molecule has 2 N–H and O–H groups in total. The number of ether oxygens (including phenoxy) is 2. The van der Waals surface area contributed by atoms with Crippen LogP contribution in [0.25, 0.3) is 0 Å². The van der Waals surface area contributed by atoms with E-state index in [1.165, 1.54) is 12.1 Å². The van der Waals surface area contributed by atoms with E-state index in [0.29, 0.717) is 18.2 Å². The summed E-state index contributed by atoms with van der Waals surface area (Å²) in [5.41, 5.74) is 0. The Morgan fingerprint density at radius 2 is 2.28 bits per heavy atom. The molecular formula is C11H14ClNO4S. The molecule has 0 bridgehead atoms. The Hall–Kier alpha value is -0.820. The minimum atomic E-state index is -3.84. The van der Waals surface area contributed by atoms with E-state index in [2.05, 4.69) is 0 Å². The number of hydrogen-bond donors (Lipinski definition) is 1. The molecule has 18 heavy (non-hydrogen) atoms. The van der Waals surface area contributed by atoms with Gasteiger partial charge in [-0.05, 0) is 24.6 Å². The predicted octanol–water partition coefficient (Wildman–Crippen LogP) is 1.40. The van der Waals surface area contributed by atoms with Gasteiger partial charge >= 0.3 is 0 Å². The summed E-state index contributed by atoms with van der Waals surface area (Å²) in [4.78, 5) is -0.0890. The van der Waals surface area contributed by atoms with Crippen molar-refractivity contribution in [1.82, 2.24) is 0 Å². The summed E-state index contributed by atoms with van der Waals surface area (Å²) in [7, 11) is -3.84. The maximum absolute atomic E-state index is 11.4. The van der Waals surface area contributed by atoms with E-state index >= 15 is 0 Å². The van der Waals surface area contributed by atoms with Gasteiger partial charge in [-0.1, -0.05) is 11.6 Å². The molecule has 1 unspecified atom stereocenters. The van der Waals surface area contributed by atoms with Crippen LogP contribution in [0.15, 0.2) is 23.1 Å². The maximum Gasteiger partial charge on any atom is 0.241 e. The average Bonchev–Trinajstić information content (AvgIpc) is 2.79. The Labute approximate surface area is 111 Å². The smallest absolute Gasteiger partial charge is 0.241 e. The van der Waals surface area contributed by atoms with Crippen molar-refractivity contribution >= 4 is 21.6 Å². The van der Waals surface area contributed by atoms with Crippen molar-refractivity contribution in [2.24, 2.45) is 11.1 Å². The van der Waals surface area contributed by atoms with Gasteiger partial charge in [0.2, 0.25) is 10.0 Å². The molecule has 2 rings (SSSR count). The lowest BCUT2D eigenvalue weighted by Gasteiger charge is -2.13. The van der Waals surface area contributed by atoms with Gasteiger partial charge in [-0.3, -0.25) is 0 Å². The van der Waals surface area contributed by atoms with Crippen LogP contribution in [-0.2, 0) is 14.8 Å². The van der Waals surface area contributed by atoms with Crippen molar-refractivity contribution in [3.05, 3.63) is 23.2 Å². The van der Waals surface area contributed by atoms with Crippen molar-refractivity contribution in [2.75, 3.05) is 19.8 Å². The minimum absolute atomic E-state index is 0.0890. The molecule has 1 saturated heterocycles. The van der Waals surface area contributed by atoms with Gasteiger partial charge in [0.05, 0.1) is 13.2 Å². The highest BCUT2D eigenvalue weighted by Gasteiger charge is 2.20. The third kappa shape index (κ3) is 3.35. The summed E-state index contributed by atoms with van der Waals surface area (Å²) >= 11 is 5.75. The van der Waals surface area contributed by atoms with Crippen LogP contribution in [0.4, 0.5) is 0 Å². The fraction of sp³-hybridized carbons (Fsp3) is 0.455. The first-order valence-electron chi connectivity index (χ1n) is 5.50. The van der Waals surface area contributed by atoms with Crippen LogP contribution in [0, 0.1) is 5.92 Å². The fourth-order valence-corrected chi connectivity index (χ4v) is 2.68. The van der Waals surface area contributed by atoms with Crippen molar-refractivity contribution in [2.45, 2.75) is 11.3 Å². The first kappa shape index (κ1) is 13.6. The number of rotatable bonds is 4. The Morgan fingerprint density at radius 3 is 2.89 bits per heavy atom. The molecule has 1 aliphatic rings. The zero-order valence-electron chi connectivity index (χ0n) is 9.63. The van der Waals surface area contributed by atoms with Crippen molar-refractivity contribution in [3.8, 4) is 5.75 Å². The lowest BCUT2D eigenvalue weighted by atomic mass is 10.1. The van der Waals surface area contributed by atoms with Gasteiger partial charge < -0.3 is 9.47 Å². The highest BCUT2D eigenvalue weighted by atomic mass is 35.5. The monoisotopic (exact) mass is 291 g/mol. The van der Waals surface area contributed by atoms with Gasteiger partial charge in [0.1, 0.15) is 10.6 Å². The zero-order chi connectivity index (χ0) is 13.2. The Kier molecular flexibility index (Phi) is 4.11. The van der Waals surface area contributed by atoms with Crippen LogP contribution < -0.4 is 9.88 Å². The third-order valence-corrected chi connectivity index (χ3v) is 3.88. The Bertz CT molecular complexity index is 526. The summed E-state index contributed by atoms with van der Waals surface area (Å²) in [5, 5.41) is 5.42. The quantitative estimate of drug-likeness (QED) is 0.909. The van der Waals surface area contributed by atoms with E-state index in [-0.39, 0.29) is 16.6 Å². The predicted molar refractivity (Wildman–Crippen MR) is 67.2 cm³/mol. The van der Waals surface area contributed by atoms with Gasteiger partial charge in [-0.2, -0.15) is 0 Å². The van der Waals surface area contributed by atoms with E-state index in [1.54, 1.807) is 6.07 Å². The number of hydrogen-bond acceptors (Lipinski definition) is 4.